The van der Waals surface area contributed by atoms with Crippen LogP contribution in [0.2, 0.25) is 0 Å². The highest BCUT2D eigenvalue weighted by Crippen LogP contribution is 2.18. The second-order valence-corrected chi connectivity index (χ2v) is 6.87. The topological polar surface area (TPSA) is 38.3 Å². The van der Waals surface area contributed by atoms with Crippen LogP contribution in [0, 0.1) is 0 Å². The van der Waals surface area contributed by atoms with Crippen molar-refractivity contribution in [2.45, 2.75) is 37.6 Å². The summed E-state index contributed by atoms with van der Waals surface area (Å²) >= 11 is 1.77. The zero-order valence-electron chi connectivity index (χ0n) is 14.3. The molecule has 0 heterocycles. The molecule has 0 unspecified atom stereocenters. The average molecular weight is 343 g/mol. The van der Waals surface area contributed by atoms with E-state index in [0.29, 0.717) is 12.2 Å². The molecule has 0 fully saturated rings. The van der Waals surface area contributed by atoms with E-state index >= 15 is 0 Å². The number of ether oxygens (including phenoxy) is 1. The van der Waals surface area contributed by atoms with E-state index in [-0.39, 0.29) is 11.9 Å². The van der Waals surface area contributed by atoms with Gasteiger partial charge in [-0.15, -0.1) is 11.8 Å². The van der Waals surface area contributed by atoms with E-state index in [1.807, 2.05) is 49.4 Å². The largest absolute Gasteiger partial charge is 0.493 e. The SMILES string of the molecule is CCC[C@@H](C)NC(=O)c1ccc(OCCSc2ccccc2)cc1. The van der Waals surface area contributed by atoms with Crippen molar-refractivity contribution in [3.05, 3.63) is 60.2 Å². The summed E-state index contributed by atoms with van der Waals surface area (Å²) in [7, 11) is 0. The monoisotopic (exact) mass is 343 g/mol. The molecule has 3 nitrogen and oxygen atoms in total. The first-order valence-corrected chi connectivity index (χ1v) is 9.39. The molecule has 0 saturated carbocycles. The van der Waals surface area contributed by atoms with E-state index in [1.54, 1.807) is 11.8 Å². The Morgan fingerprint density at radius 3 is 2.50 bits per heavy atom. The number of benzene rings is 2. The highest BCUT2D eigenvalue weighted by atomic mass is 32.2. The van der Waals surface area contributed by atoms with Crippen molar-refractivity contribution in [1.29, 1.82) is 0 Å². The van der Waals surface area contributed by atoms with Gasteiger partial charge in [0.05, 0.1) is 6.61 Å². The van der Waals surface area contributed by atoms with Crippen LogP contribution in [0.4, 0.5) is 0 Å². The van der Waals surface area contributed by atoms with E-state index in [4.69, 9.17) is 4.74 Å². The summed E-state index contributed by atoms with van der Waals surface area (Å²) in [5, 5.41) is 3.00. The number of carbonyl (C=O) groups is 1. The van der Waals surface area contributed by atoms with Crippen LogP contribution in [0.5, 0.6) is 5.75 Å². The predicted molar refractivity (Wildman–Crippen MR) is 101 cm³/mol. The van der Waals surface area contributed by atoms with Gasteiger partial charge in [-0.3, -0.25) is 4.79 Å². The Morgan fingerprint density at radius 1 is 1.12 bits per heavy atom. The normalized spacial score (nSPS) is 11.8. The molecule has 2 aromatic carbocycles. The molecule has 4 heteroatoms. The first-order valence-electron chi connectivity index (χ1n) is 8.40. The molecule has 0 aliphatic heterocycles. The van der Waals surface area contributed by atoms with Gasteiger partial charge in [0.2, 0.25) is 0 Å². The Labute approximate surface area is 148 Å². The number of thioether (sulfide) groups is 1. The smallest absolute Gasteiger partial charge is 0.251 e. The Bertz CT molecular complexity index is 613. The number of carbonyl (C=O) groups excluding carboxylic acids is 1. The molecule has 0 radical (unpaired) electrons. The van der Waals surface area contributed by atoms with Crippen molar-refractivity contribution >= 4 is 17.7 Å². The van der Waals surface area contributed by atoms with Gasteiger partial charge in [0, 0.05) is 22.3 Å². The van der Waals surface area contributed by atoms with Gasteiger partial charge in [-0.05, 0) is 49.7 Å². The van der Waals surface area contributed by atoms with Crippen molar-refractivity contribution in [3.63, 3.8) is 0 Å². The van der Waals surface area contributed by atoms with Crippen LogP contribution in [-0.2, 0) is 0 Å². The average Bonchev–Trinajstić information content (AvgIpc) is 2.60. The number of nitrogens with one attached hydrogen (secondary N) is 1. The Kier molecular flexibility index (Phi) is 7.69. The van der Waals surface area contributed by atoms with Gasteiger partial charge < -0.3 is 10.1 Å². The molecule has 1 amide bonds. The molecule has 24 heavy (non-hydrogen) atoms. The second-order valence-electron chi connectivity index (χ2n) is 5.70. The highest BCUT2D eigenvalue weighted by molar-refractivity contribution is 7.99. The molecule has 0 aliphatic rings. The van der Waals surface area contributed by atoms with Crippen LogP contribution in [-0.4, -0.2) is 24.3 Å². The summed E-state index contributed by atoms with van der Waals surface area (Å²) in [5.41, 5.74) is 0.670. The van der Waals surface area contributed by atoms with E-state index in [1.165, 1.54) is 4.90 Å². The Hall–Kier alpha value is -1.94. The van der Waals surface area contributed by atoms with Crippen molar-refractivity contribution in [2.24, 2.45) is 0 Å². The summed E-state index contributed by atoms with van der Waals surface area (Å²) in [6.07, 6.45) is 2.06. The Morgan fingerprint density at radius 2 is 1.83 bits per heavy atom. The third-order valence-electron chi connectivity index (χ3n) is 3.58. The number of hydrogen-bond acceptors (Lipinski definition) is 3. The van der Waals surface area contributed by atoms with Gasteiger partial charge in [-0.25, -0.2) is 0 Å². The summed E-state index contributed by atoms with van der Waals surface area (Å²) in [4.78, 5) is 13.3. The van der Waals surface area contributed by atoms with Crippen LogP contribution in [0.25, 0.3) is 0 Å². The van der Waals surface area contributed by atoms with Crippen LogP contribution >= 0.6 is 11.8 Å². The third kappa shape index (κ3) is 6.28. The maximum Gasteiger partial charge on any atom is 0.251 e. The van der Waals surface area contributed by atoms with Gasteiger partial charge in [0.1, 0.15) is 5.75 Å². The number of rotatable bonds is 9. The number of amides is 1. The molecule has 128 valence electrons. The molecule has 0 aromatic heterocycles. The first kappa shape index (κ1) is 18.4. The maximum absolute atomic E-state index is 12.1. The fraction of sp³-hybridized carbons (Fsp3) is 0.350. The van der Waals surface area contributed by atoms with Gasteiger partial charge in [0.25, 0.3) is 5.91 Å². The minimum atomic E-state index is -0.0258. The molecule has 2 rings (SSSR count). The standard InChI is InChI=1S/C20H25NO2S/c1-3-7-16(2)21-20(22)17-10-12-18(13-11-17)23-14-15-24-19-8-5-4-6-9-19/h4-6,8-13,16H,3,7,14-15H2,1-2H3,(H,21,22)/t16-/m1/s1. The minimum Gasteiger partial charge on any atom is -0.493 e. The summed E-state index contributed by atoms with van der Waals surface area (Å²) < 4.78 is 5.73. The van der Waals surface area contributed by atoms with Gasteiger partial charge in [0.15, 0.2) is 0 Å². The first-order chi connectivity index (χ1) is 11.7. The molecule has 1 N–H and O–H groups in total. The summed E-state index contributed by atoms with van der Waals surface area (Å²) in [6, 6.07) is 17.8. The molecule has 0 saturated heterocycles. The fourth-order valence-corrected chi connectivity index (χ4v) is 3.10. The lowest BCUT2D eigenvalue weighted by Gasteiger charge is -2.13. The maximum atomic E-state index is 12.1. The predicted octanol–water partition coefficient (Wildman–Crippen LogP) is 4.78. The Balaban J connectivity index is 1.74. The van der Waals surface area contributed by atoms with Gasteiger partial charge in [-0.1, -0.05) is 31.5 Å². The molecular weight excluding hydrogens is 318 g/mol. The lowest BCUT2D eigenvalue weighted by Crippen LogP contribution is -2.32. The summed E-state index contributed by atoms with van der Waals surface area (Å²) in [5.74, 6) is 1.66. The third-order valence-corrected chi connectivity index (χ3v) is 4.56. The van der Waals surface area contributed by atoms with E-state index in [2.05, 4.69) is 24.4 Å². The minimum absolute atomic E-state index is 0.0258. The highest BCUT2D eigenvalue weighted by Gasteiger charge is 2.09. The van der Waals surface area contributed by atoms with Crippen molar-refractivity contribution in [2.75, 3.05) is 12.4 Å². The molecule has 1 atom stereocenters. The van der Waals surface area contributed by atoms with Crippen molar-refractivity contribution in [3.8, 4) is 5.75 Å². The van der Waals surface area contributed by atoms with Crippen molar-refractivity contribution < 1.29 is 9.53 Å². The van der Waals surface area contributed by atoms with Gasteiger partial charge in [-0.2, -0.15) is 0 Å². The quantitative estimate of drug-likeness (QED) is 0.526. The van der Waals surface area contributed by atoms with Crippen molar-refractivity contribution in [1.82, 2.24) is 5.32 Å². The van der Waals surface area contributed by atoms with Crippen LogP contribution in [0.1, 0.15) is 37.0 Å². The lowest BCUT2D eigenvalue weighted by atomic mass is 10.1. The molecule has 0 spiro atoms. The zero-order valence-corrected chi connectivity index (χ0v) is 15.1. The van der Waals surface area contributed by atoms with Gasteiger partial charge >= 0.3 is 0 Å². The van der Waals surface area contributed by atoms with E-state index in [9.17, 15) is 4.79 Å². The van der Waals surface area contributed by atoms with Crippen LogP contribution in [0.15, 0.2) is 59.5 Å². The fourth-order valence-electron chi connectivity index (χ4n) is 2.35. The summed E-state index contributed by atoms with van der Waals surface area (Å²) in [6.45, 7) is 4.78. The van der Waals surface area contributed by atoms with E-state index in [0.717, 1.165) is 24.3 Å². The van der Waals surface area contributed by atoms with Crippen LogP contribution in [0.3, 0.4) is 0 Å². The molecule has 2 aromatic rings. The zero-order chi connectivity index (χ0) is 17.2. The number of hydrogen-bond donors (Lipinski definition) is 1. The molecule has 0 bridgehead atoms. The van der Waals surface area contributed by atoms with E-state index < -0.39 is 0 Å². The molecular formula is C20H25NO2S. The molecule has 0 aliphatic carbocycles. The second kappa shape index (κ2) is 10.0. The van der Waals surface area contributed by atoms with Crippen LogP contribution < -0.4 is 10.1 Å². The lowest BCUT2D eigenvalue weighted by molar-refractivity contribution is 0.0938.